The number of hydrogen-bond acceptors (Lipinski definition) is 2. The van der Waals surface area contributed by atoms with Crippen molar-refractivity contribution in [3.8, 4) is 5.75 Å². The summed E-state index contributed by atoms with van der Waals surface area (Å²) in [5, 5.41) is 3.57. The Bertz CT molecular complexity index is 351. The summed E-state index contributed by atoms with van der Waals surface area (Å²) in [4.78, 5) is 0. The molecule has 1 aromatic rings. The van der Waals surface area contributed by atoms with Gasteiger partial charge in [-0.1, -0.05) is 51.8 Å². The predicted octanol–water partition coefficient (Wildman–Crippen LogP) is 4.21. The second kappa shape index (κ2) is 8.98. The molecule has 108 valence electrons. The van der Waals surface area contributed by atoms with E-state index in [0.29, 0.717) is 11.8 Å². The van der Waals surface area contributed by atoms with Crippen molar-refractivity contribution in [3.63, 3.8) is 0 Å². The molecular weight excluding hydrogens is 234 g/mol. The lowest BCUT2D eigenvalue weighted by Crippen LogP contribution is -2.26. The molecule has 2 atom stereocenters. The van der Waals surface area contributed by atoms with Crippen LogP contribution in [-0.2, 0) is 0 Å². The van der Waals surface area contributed by atoms with E-state index in [0.717, 1.165) is 18.8 Å². The Kier molecular flexibility index (Phi) is 7.57. The molecule has 1 aromatic carbocycles. The average molecular weight is 263 g/mol. The fourth-order valence-corrected chi connectivity index (χ4v) is 2.68. The van der Waals surface area contributed by atoms with Gasteiger partial charge in [0.25, 0.3) is 0 Å². The number of nitrogens with one attached hydrogen (secondary N) is 1. The third-order valence-electron chi connectivity index (χ3n) is 3.76. The van der Waals surface area contributed by atoms with Gasteiger partial charge in [-0.15, -0.1) is 0 Å². The van der Waals surface area contributed by atoms with Gasteiger partial charge in [-0.25, -0.2) is 0 Å². The topological polar surface area (TPSA) is 21.3 Å². The van der Waals surface area contributed by atoms with Crippen molar-refractivity contribution in [2.75, 3.05) is 20.2 Å². The van der Waals surface area contributed by atoms with Crippen molar-refractivity contribution in [2.45, 2.75) is 46.0 Å². The van der Waals surface area contributed by atoms with Gasteiger partial charge in [0.1, 0.15) is 5.75 Å². The molecule has 0 saturated carbocycles. The van der Waals surface area contributed by atoms with Crippen molar-refractivity contribution in [2.24, 2.45) is 5.92 Å². The second-order valence-corrected chi connectivity index (χ2v) is 5.32. The number of benzene rings is 1. The zero-order valence-electron chi connectivity index (χ0n) is 12.9. The lowest BCUT2D eigenvalue weighted by molar-refractivity contribution is 0.370. The fraction of sp³-hybridized carbons (Fsp3) is 0.647. The van der Waals surface area contributed by atoms with Crippen molar-refractivity contribution >= 4 is 0 Å². The molecule has 0 saturated heterocycles. The summed E-state index contributed by atoms with van der Waals surface area (Å²) in [5.41, 5.74) is 1.34. The van der Waals surface area contributed by atoms with Crippen molar-refractivity contribution in [1.29, 1.82) is 0 Å². The van der Waals surface area contributed by atoms with Crippen LogP contribution in [0.1, 0.15) is 51.5 Å². The summed E-state index contributed by atoms with van der Waals surface area (Å²) in [6, 6.07) is 8.44. The van der Waals surface area contributed by atoms with Gasteiger partial charge in [0.05, 0.1) is 7.11 Å². The van der Waals surface area contributed by atoms with Gasteiger partial charge in [0.2, 0.25) is 0 Å². The van der Waals surface area contributed by atoms with Crippen molar-refractivity contribution in [3.05, 3.63) is 29.8 Å². The van der Waals surface area contributed by atoms with E-state index < -0.39 is 0 Å². The van der Waals surface area contributed by atoms with Crippen molar-refractivity contribution < 1.29 is 4.74 Å². The highest BCUT2D eigenvalue weighted by atomic mass is 16.5. The first-order valence-electron chi connectivity index (χ1n) is 7.58. The van der Waals surface area contributed by atoms with E-state index in [-0.39, 0.29) is 0 Å². The molecule has 2 nitrogen and oxygen atoms in total. The molecule has 0 bridgehead atoms. The summed E-state index contributed by atoms with van der Waals surface area (Å²) >= 11 is 0. The molecule has 1 rings (SSSR count). The number of ether oxygens (including phenoxy) is 1. The van der Waals surface area contributed by atoms with Crippen LogP contribution >= 0.6 is 0 Å². The van der Waals surface area contributed by atoms with E-state index >= 15 is 0 Å². The standard InChI is InChI=1S/C17H29NO/c1-5-9-14(3)16(13-18-12-6-2)15-10-7-8-11-17(15)19-4/h7-8,10-11,14,16,18H,5-6,9,12-13H2,1-4H3. The smallest absolute Gasteiger partial charge is 0.122 e. The van der Waals surface area contributed by atoms with Crippen LogP contribution in [0.15, 0.2) is 24.3 Å². The quantitative estimate of drug-likeness (QED) is 0.674. The Morgan fingerprint density at radius 1 is 1.16 bits per heavy atom. The first kappa shape index (κ1) is 16.0. The monoisotopic (exact) mass is 263 g/mol. The molecule has 0 aliphatic rings. The van der Waals surface area contributed by atoms with E-state index in [1.165, 1.54) is 24.8 Å². The predicted molar refractivity (Wildman–Crippen MR) is 83.0 cm³/mol. The summed E-state index contributed by atoms with van der Waals surface area (Å²) in [6.45, 7) is 8.95. The maximum atomic E-state index is 5.53. The Hall–Kier alpha value is -1.02. The molecule has 0 heterocycles. The third kappa shape index (κ3) is 4.87. The summed E-state index contributed by atoms with van der Waals surface area (Å²) < 4.78 is 5.53. The number of para-hydroxylation sites is 1. The molecule has 0 fully saturated rings. The Morgan fingerprint density at radius 2 is 1.89 bits per heavy atom. The van der Waals surface area contributed by atoms with Gasteiger partial charge in [0, 0.05) is 12.5 Å². The van der Waals surface area contributed by atoms with E-state index in [1.807, 2.05) is 6.07 Å². The normalized spacial score (nSPS) is 14.1. The first-order valence-corrected chi connectivity index (χ1v) is 7.58. The zero-order chi connectivity index (χ0) is 14.1. The van der Waals surface area contributed by atoms with E-state index in [9.17, 15) is 0 Å². The third-order valence-corrected chi connectivity index (χ3v) is 3.76. The van der Waals surface area contributed by atoms with Gasteiger partial charge in [-0.3, -0.25) is 0 Å². The maximum Gasteiger partial charge on any atom is 0.122 e. The molecule has 0 aromatic heterocycles. The van der Waals surface area contributed by atoms with Gasteiger partial charge >= 0.3 is 0 Å². The Labute approximate surface area is 118 Å². The van der Waals surface area contributed by atoms with Crippen LogP contribution in [0, 0.1) is 5.92 Å². The SMILES string of the molecule is CCCNCC(c1ccccc1OC)C(C)CCC. The number of hydrogen-bond donors (Lipinski definition) is 1. The highest BCUT2D eigenvalue weighted by Gasteiger charge is 2.21. The Balaban J connectivity index is 2.87. The fourth-order valence-electron chi connectivity index (χ4n) is 2.68. The minimum atomic E-state index is 0.530. The molecule has 19 heavy (non-hydrogen) atoms. The minimum Gasteiger partial charge on any atom is -0.496 e. The van der Waals surface area contributed by atoms with Gasteiger partial charge in [-0.05, 0) is 30.5 Å². The molecule has 0 radical (unpaired) electrons. The van der Waals surface area contributed by atoms with Crippen LogP contribution in [0.2, 0.25) is 0 Å². The Morgan fingerprint density at radius 3 is 2.53 bits per heavy atom. The minimum absolute atomic E-state index is 0.530. The summed E-state index contributed by atoms with van der Waals surface area (Å²) in [5.74, 6) is 2.22. The highest BCUT2D eigenvalue weighted by molar-refractivity contribution is 5.36. The zero-order valence-corrected chi connectivity index (χ0v) is 12.9. The van der Waals surface area contributed by atoms with Crippen LogP contribution in [0.4, 0.5) is 0 Å². The number of methoxy groups -OCH3 is 1. The molecular formula is C17H29NO. The van der Waals surface area contributed by atoms with E-state index in [2.05, 4.69) is 44.3 Å². The molecule has 0 aliphatic carbocycles. The van der Waals surface area contributed by atoms with Crippen LogP contribution in [-0.4, -0.2) is 20.2 Å². The number of rotatable bonds is 9. The van der Waals surface area contributed by atoms with Crippen LogP contribution in [0.3, 0.4) is 0 Å². The average Bonchev–Trinajstić information content (AvgIpc) is 2.44. The lowest BCUT2D eigenvalue weighted by Gasteiger charge is -2.26. The van der Waals surface area contributed by atoms with Gasteiger partial charge < -0.3 is 10.1 Å². The first-order chi connectivity index (χ1) is 9.24. The highest BCUT2D eigenvalue weighted by Crippen LogP contribution is 2.33. The summed E-state index contributed by atoms with van der Waals surface area (Å²) in [6.07, 6.45) is 3.68. The molecule has 1 N–H and O–H groups in total. The van der Waals surface area contributed by atoms with Crippen LogP contribution < -0.4 is 10.1 Å². The van der Waals surface area contributed by atoms with Gasteiger partial charge in [-0.2, -0.15) is 0 Å². The van der Waals surface area contributed by atoms with Crippen LogP contribution in [0.25, 0.3) is 0 Å². The largest absolute Gasteiger partial charge is 0.496 e. The molecule has 0 amide bonds. The molecule has 2 unspecified atom stereocenters. The van der Waals surface area contributed by atoms with Gasteiger partial charge in [0.15, 0.2) is 0 Å². The van der Waals surface area contributed by atoms with E-state index in [1.54, 1.807) is 7.11 Å². The lowest BCUT2D eigenvalue weighted by atomic mass is 9.84. The molecule has 0 aliphatic heterocycles. The maximum absolute atomic E-state index is 5.53. The second-order valence-electron chi connectivity index (χ2n) is 5.32. The van der Waals surface area contributed by atoms with E-state index in [4.69, 9.17) is 4.74 Å². The molecule has 0 spiro atoms. The molecule has 2 heteroatoms. The van der Waals surface area contributed by atoms with Crippen LogP contribution in [0.5, 0.6) is 5.75 Å². The van der Waals surface area contributed by atoms with Crippen molar-refractivity contribution in [1.82, 2.24) is 5.32 Å². The summed E-state index contributed by atoms with van der Waals surface area (Å²) in [7, 11) is 1.76.